The van der Waals surface area contributed by atoms with Gasteiger partial charge in [0, 0.05) is 0 Å². The number of fused-ring (bicyclic) bond motifs is 1. The van der Waals surface area contributed by atoms with E-state index in [1.54, 1.807) is 10.9 Å². The molecule has 1 fully saturated rings. The number of nitrogens with two attached hydrogens (primary N) is 1. The van der Waals surface area contributed by atoms with E-state index >= 15 is 0 Å². The molecule has 0 spiro atoms. The van der Waals surface area contributed by atoms with Crippen molar-refractivity contribution in [1.29, 1.82) is 0 Å². The molecule has 3 N–H and O–H groups in total. The largest absolute Gasteiger partial charge is 0.414 e. The smallest absolute Gasteiger partial charge is 0.192 e. The highest BCUT2D eigenvalue weighted by Gasteiger charge is 2.46. The number of hydrogen-bond acceptors (Lipinski definition) is 7. The molecule has 0 radical (unpaired) electrons. The number of anilines is 1. The number of alkyl halides is 1. The molecular formula is C16H26ClN5O3Si. The van der Waals surface area contributed by atoms with Gasteiger partial charge < -0.3 is 20.0 Å². The average Bonchev–Trinajstić information content (AvgIpc) is 3.08. The van der Waals surface area contributed by atoms with Gasteiger partial charge in [-0.15, -0.1) is 11.6 Å². The first-order valence-corrected chi connectivity index (χ1v) is 11.9. The van der Waals surface area contributed by atoms with Crippen LogP contribution in [0.2, 0.25) is 18.1 Å². The van der Waals surface area contributed by atoms with Crippen LogP contribution in [0.3, 0.4) is 0 Å². The summed E-state index contributed by atoms with van der Waals surface area (Å²) in [5, 5.41) is 9.96. The SMILES string of the molecule is CC(C)(C)[Si](C)(C)OC[C@H]1O[C@@H](n2cnc3c(N)ncnc32)[C@H](Cl)[C@@H]1O. The lowest BCUT2D eigenvalue weighted by molar-refractivity contribution is -0.0404. The molecule has 2 aromatic rings. The van der Waals surface area contributed by atoms with Crippen LogP contribution in [-0.4, -0.2) is 57.1 Å². The van der Waals surface area contributed by atoms with Gasteiger partial charge in [0.15, 0.2) is 26.0 Å². The number of aliphatic hydroxyl groups is 1. The first-order chi connectivity index (χ1) is 12.0. The lowest BCUT2D eigenvalue weighted by atomic mass is 10.2. The van der Waals surface area contributed by atoms with Gasteiger partial charge in [-0.3, -0.25) is 4.57 Å². The van der Waals surface area contributed by atoms with Gasteiger partial charge in [0.1, 0.15) is 29.4 Å². The van der Waals surface area contributed by atoms with Crippen LogP contribution in [-0.2, 0) is 9.16 Å². The third-order valence-electron chi connectivity index (χ3n) is 5.37. The monoisotopic (exact) mass is 399 g/mol. The maximum atomic E-state index is 10.5. The van der Waals surface area contributed by atoms with Crippen LogP contribution in [0.15, 0.2) is 12.7 Å². The van der Waals surface area contributed by atoms with Gasteiger partial charge in [-0.05, 0) is 18.1 Å². The van der Waals surface area contributed by atoms with Crippen molar-refractivity contribution >= 4 is 36.9 Å². The summed E-state index contributed by atoms with van der Waals surface area (Å²) in [6, 6.07) is 0. The predicted octanol–water partition coefficient (Wildman–Crippen LogP) is 2.30. The second-order valence-corrected chi connectivity index (χ2v) is 13.5. The Balaban J connectivity index is 1.78. The molecule has 8 nitrogen and oxygen atoms in total. The zero-order valence-electron chi connectivity index (χ0n) is 15.7. The van der Waals surface area contributed by atoms with E-state index < -0.39 is 32.1 Å². The summed E-state index contributed by atoms with van der Waals surface area (Å²) in [5.41, 5.74) is 6.83. The fourth-order valence-electron chi connectivity index (χ4n) is 2.63. The molecule has 3 rings (SSSR count). The molecule has 26 heavy (non-hydrogen) atoms. The summed E-state index contributed by atoms with van der Waals surface area (Å²) in [7, 11) is -1.95. The standard InChI is InChI=1S/C16H26ClN5O3Si/c1-16(2,3)26(4,5)24-6-9-12(23)10(17)15(25-9)22-8-21-11-13(18)19-7-20-14(11)22/h7-10,12,15,23H,6H2,1-5H3,(H2,18,19,20)/t9-,10-,12-,15-/m1/s1. The Labute approximate surface area is 158 Å². The highest BCUT2D eigenvalue weighted by atomic mass is 35.5. The Morgan fingerprint density at radius 3 is 2.69 bits per heavy atom. The quantitative estimate of drug-likeness (QED) is 0.599. The number of nitrogens with zero attached hydrogens (tertiary/aromatic N) is 4. The van der Waals surface area contributed by atoms with Crippen LogP contribution in [0.5, 0.6) is 0 Å². The van der Waals surface area contributed by atoms with Crippen LogP contribution in [0, 0.1) is 0 Å². The number of aliphatic hydroxyl groups excluding tert-OH is 1. The predicted molar refractivity (Wildman–Crippen MR) is 102 cm³/mol. The van der Waals surface area contributed by atoms with Crippen LogP contribution in [0.25, 0.3) is 11.2 Å². The third kappa shape index (κ3) is 3.34. The van der Waals surface area contributed by atoms with E-state index in [-0.39, 0.29) is 10.9 Å². The van der Waals surface area contributed by atoms with E-state index in [1.807, 2.05) is 0 Å². The highest BCUT2D eigenvalue weighted by Crippen LogP contribution is 2.39. The minimum absolute atomic E-state index is 0.0747. The Hall–Kier alpha value is -1.26. The summed E-state index contributed by atoms with van der Waals surface area (Å²) in [6.07, 6.45) is 0.928. The van der Waals surface area contributed by atoms with Crippen molar-refractivity contribution in [2.45, 2.75) is 62.7 Å². The van der Waals surface area contributed by atoms with Crippen LogP contribution in [0.1, 0.15) is 27.0 Å². The Morgan fingerprint density at radius 2 is 2.04 bits per heavy atom. The van der Waals surface area contributed by atoms with E-state index in [2.05, 4.69) is 48.8 Å². The molecule has 10 heteroatoms. The molecule has 3 heterocycles. The van der Waals surface area contributed by atoms with Gasteiger partial charge >= 0.3 is 0 Å². The highest BCUT2D eigenvalue weighted by molar-refractivity contribution is 6.74. The molecule has 0 aromatic carbocycles. The molecular weight excluding hydrogens is 374 g/mol. The third-order valence-corrected chi connectivity index (χ3v) is 10.3. The van der Waals surface area contributed by atoms with Gasteiger partial charge in [-0.25, -0.2) is 15.0 Å². The second-order valence-electron chi connectivity index (χ2n) is 8.15. The maximum Gasteiger partial charge on any atom is 0.192 e. The molecule has 0 unspecified atom stereocenters. The van der Waals surface area contributed by atoms with Crippen LogP contribution in [0.4, 0.5) is 5.82 Å². The topological polar surface area (TPSA) is 108 Å². The minimum Gasteiger partial charge on any atom is -0.414 e. The molecule has 144 valence electrons. The van der Waals surface area contributed by atoms with E-state index in [4.69, 9.17) is 26.5 Å². The van der Waals surface area contributed by atoms with Gasteiger partial charge in [0.25, 0.3) is 0 Å². The fourth-order valence-corrected chi connectivity index (χ4v) is 3.99. The number of aromatic nitrogens is 4. The first kappa shape index (κ1) is 19.5. The number of halogens is 1. The molecule has 0 amide bonds. The summed E-state index contributed by atoms with van der Waals surface area (Å²) in [6.45, 7) is 11.1. The van der Waals surface area contributed by atoms with Crippen molar-refractivity contribution in [3.8, 4) is 0 Å². The van der Waals surface area contributed by atoms with Gasteiger partial charge in [0.05, 0.1) is 12.9 Å². The van der Waals surface area contributed by atoms with Crippen molar-refractivity contribution in [3.63, 3.8) is 0 Å². The zero-order valence-corrected chi connectivity index (χ0v) is 17.4. The fraction of sp³-hybridized carbons (Fsp3) is 0.688. The maximum absolute atomic E-state index is 10.5. The van der Waals surface area contributed by atoms with E-state index in [1.165, 1.54) is 6.33 Å². The summed E-state index contributed by atoms with van der Waals surface area (Å²) >= 11 is 6.45. The summed E-state index contributed by atoms with van der Waals surface area (Å²) in [5.74, 6) is 0.288. The molecule has 1 saturated heterocycles. The van der Waals surface area contributed by atoms with E-state index in [0.29, 0.717) is 17.8 Å². The van der Waals surface area contributed by atoms with Gasteiger partial charge in [-0.2, -0.15) is 0 Å². The molecule has 0 aliphatic carbocycles. The second kappa shape index (κ2) is 6.72. The lowest BCUT2D eigenvalue weighted by Crippen LogP contribution is -2.44. The van der Waals surface area contributed by atoms with Crippen molar-refractivity contribution < 1.29 is 14.3 Å². The first-order valence-electron chi connectivity index (χ1n) is 8.57. The molecule has 4 atom stereocenters. The van der Waals surface area contributed by atoms with Gasteiger partial charge in [0.2, 0.25) is 0 Å². The lowest BCUT2D eigenvalue weighted by Gasteiger charge is -2.37. The molecule has 2 aromatic heterocycles. The van der Waals surface area contributed by atoms with Crippen molar-refractivity contribution in [3.05, 3.63) is 12.7 Å². The number of ether oxygens (including phenoxy) is 1. The zero-order chi connectivity index (χ0) is 19.3. The number of hydrogen-bond donors (Lipinski definition) is 2. The number of nitrogen functional groups attached to an aromatic ring is 1. The normalized spacial score (nSPS) is 27.3. The molecule has 1 aliphatic heterocycles. The number of imidazole rings is 1. The van der Waals surface area contributed by atoms with E-state index in [0.717, 1.165) is 0 Å². The molecule has 1 aliphatic rings. The Bertz CT molecular complexity index is 794. The summed E-state index contributed by atoms with van der Waals surface area (Å²) < 4.78 is 13.9. The minimum atomic E-state index is -1.95. The van der Waals surface area contributed by atoms with Crippen LogP contribution < -0.4 is 5.73 Å². The van der Waals surface area contributed by atoms with Crippen molar-refractivity contribution in [1.82, 2.24) is 19.5 Å². The van der Waals surface area contributed by atoms with Crippen molar-refractivity contribution in [2.75, 3.05) is 12.3 Å². The van der Waals surface area contributed by atoms with Crippen LogP contribution >= 0.6 is 11.6 Å². The molecule has 0 saturated carbocycles. The molecule has 0 bridgehead atoms. The summed E-state index contributed by atoms with van der Waals surface area (Å²) in [4.78, 5) is 12.4. The Morgan fingerprint density at radius 1 is 1.35 bits per heavy atom. The van der Waals surface area contributed by atoms with E-state index in [9.17, 15) is 5.11 Å². The van der Waals surface area contributed by atoms with Gasteiger partial charge in [-0.1, -0.05) is 20.8 Å². The van der Waals surface area contributed by atoms with Crippen molar-refractivity contribution in [2.24, 2.45) is 0 Å². The Kier molecular flexibility index (Phi) is 5.04. The number of rotatable bonds is 4. The average molecular weight is 400 g/mol.